The zero-order valence-corrected chi connectivity index (χ0v) is 9.74. The Labute approximate surface area is 95.0 Å². The van der Waals surface area contributed by atoms with Crippen molar-refractivity contribution in [3.8, 4) is 0 Å². The minimum atomic E-state index is -4.00. The van der Waals surface area contributed by atoms with E-state index >= 15 is 0 Å². The van der Waals surface area contributed by atoms with Crippen LogP contribution in [0.25, 0.3) is 0 Å². The van der Waals surface area contributed by atoms with Gasteiger partial charge in [0.2, 0.25) is 0 Å². The van der Waals surface area contributed by atoms with Crippen LogP contribution in [0.3, 0.4) is 0 Å². The number of halogens is 3. The molecule has 0 bridgehead atoms. The SMILES string of the molecule is CC1CCNC1CNCCCCC(F)(F)F. The molecular weight excluding hydrogens is 217 g/mol. The summed E-state index contributed by atoms with van der Waals surface area (Å²) in [6, 6.07) is 0.489. The smallest absolute Gasteiger partial charge is 0.315 e. The summed E-state index contributed by atoms with van der Waals surface area (Å²) in [7, 11) is 0. The van der Waals surface area contributed by atoms with Gasteiger partial charge in [-0.1, -0.05) is 6.92 Å². The molecule has 1 aliphatic rings. The molecule has 0 aromatic carbocycles. The molecular formula is C11H21F3N2. The third-order valence-electron chi connectivity index (χ3n) is 3.12. The summed E-state index contributed by atoms with van der Waals surface area (Å²) < 4.78 is 35.5. The average molecular weight is 238 g/mol. The second-order valence-electron chi connectivity index (χ2n) is 4.60. The molecule has 0 spiro atoms. The molecule has 1 fully saturated rings. The minimum absolute atomic E-state index is 0.226. The molecule has 1 saturated heterocycles. The van der Waals surface area contributed by atoms with Crippen LogP contribution in [0, 0.1) is 5.92 Å². The summed E-state index contributed by atoms with van der Waals surface area (Å²) in [4.78, 5) is 0. The first-order valence-electron chi connectivity index (χ1n) is 6.00. The fourth-order valence-corrected chi connectivity index (χ4v) is 2.01. The van der Waals surface area contributed by atoms with Crippen molar-refractivity contribution in [3.05, 3.63) is 0 Å². The van der Waals surface area contributed by atoms with Crippen molar-refractivity contribution in [1.29, 1.82) is 0 Å². The first-order valence-corrected chi connectivity index (χ1v) is 6.00. The van der Waals surface area contributed by atoms with Gasteiger partial charge in [0.15, 0.2) is 0 Å². The largest absolute Gasteiger partial charge is 0.389 e. The number of hydrogen-bond acceptors (Lipinski definition) is 2. The lowest BCUT2D eigenvalue weighted by molar-refractivity contribution is -0.135. The van der Waals surface area contributed by atoms with Gasteiger partial charge < -0.3 is 10.6 Å². The highest BCUT2D eigenvalue weighted by Crippen LogP contribution is 2.21. The van der Waals surface area contributed by atoms with Crippen molar-refractivity contribution in [2.24, 2.45) is 5.92 Å². The fourth-order valence-electron chi connectivity index (χ4n) is 2.01. The molecule has 0 aromatic rings. The molecule has 0 aliphatic carbocycles. The maximum atomic E-state index is 11.8. The van der Waals surface area contributed by atoms with Gasteiger partial charge >= 0.3 is 6.18 Å². The molecule has 2 atom stereocenters. The molecule has 1 heterocycles. The maximum Gasteiger partial charge on any atom is 0.389 e. The highest BCUT2D eigenvalue weighted by atomic mass is 19.4. The van der Waals surface area contributed by atoms with Crippen LogP contribution >= 0.6 is 0 Å². The molecule has 5 heteroatoms. The second-order valence-corrected chi connectivity index (χ2v) is 4.60. The predicted molar refractivity (Wildman–Crippen MR) is 58.3 cm³/mol. The van der Waals surface area contributed by atoms with E-state index in [1.165, 1.54) is 6.42 Å². The number of unbranched alkanes of at least 4 members (excludes halogenated alkanes) is 1. The summed E-state index contributed by atoms with van der Waals surface area (Å²) >= 11 is 0. The van der Waals surface area contributed by atoms with Gasteiger partial charge in [0, 0.05) is 19.0 Å². The Morgan fingerprint density at radius 2 is 2.06 bits per heavy atom. The molecule has 2 N–H and O–H groups in total. The standard InChI is InChI=1S/C11H21F3N2/c1-9-4-7-16-10(9)8-15-6-3-2-5-11(12,13)14/h9-10,15-16H,2-8H2,1H3. The van der Waals surface area contributed by atoms with Crippen molar-refractivity contribution in [2.75, 3.05) is 19.6 Å². The molecule has 0 saturated carbocycles. The predicted octanol–water partition coefficient (Wildman–Crippen LogP) is 2.31. The molecule has 0 amide bonds. The number of alkyl halides is 3. The van der Waals surface area contributed by atoms with Gasteiger partial charge in [-0.2, -0.15) is 13.2 Å². The van der Waals surface area contributed by atoms with E-state index in [1.807, 2.05) is 0 Å². The van der Waals surface area contributed by atoms with Crippen LogP contribution < -0.4 is 10.6 Å². The maximum absolute atomic E-state index is 11.8. The highest BCUT2D eigenvalue weighted by molar-refractivity contribution is 4.82. The molecule has 16 heavy (non-hydrogen) atoms. The van der Waals surface area contributed by atoms with Crippen LogP contribution in [-0.4, -0.2) is 31.9 Å². The average Bonchev–Trinajstić information content (AvgIpc) is 2.56. The van der Waals surface area contributed by atoms with E-state index in [2.05, 4.69) is 17.6 Å². The monoisotopic (exact) mass is 238 g/mol. The van der Waals surface area contributed by atoms with Crippen LogP contribution in [0.5, 0.6) is 0 Å². The van der Waals surface area contributed by atoms with Gasteiger partial charge in [0.25, 0.3) is 0 Å². The van der Waals surface area contributed by atoms with Crippen LogP contribution in [0.15, 0.2) is 0 Å². The Morgan fingerprint density at radius 3 is 2.62 bits per heavy atom. The quantitative estimate of drug-likeness (QED) is 0.694. The van der Waals surface area contributed by atoms with Crippen molar-refractivity contribution in [3.63, 3.8) is 0 Å². The molecule has 2 nitrogen and oxygen atoms in total. The van der Waals surface area contributed by atoms with Crippen molar-refractivity contribution in [1.82, 2.24) is 10.6 Å². The van der Waals surface area contributed by atoms with E-state index in [0.717, 1.165) is 13.1 Å². The molecule has 1 rings (SSSR count). The molecule has 0 radical (unpaired) electrons. The number of nitrogens with one attached hydrogen (secondary N) is 2. The first-order chi connectivity index (χ1) is 7.49. The Hall–Kier alpha value is -0.290. The van der Waals surface area contributed by atoms with Gasteiger partial charge in [-0.05, 0) is 38.3 Å². The van der Waals surface area contributed by atoms with Gasteiger partial charge in [-0.25, -0.2) is 0 Å². The normalized spacial score (nSPS) is 26.2. The zero-order valence-electron chi connectivity index (χ0n) is 9.74. The van der Waals surface area contributed by atoms with Gasteiger partial charge in [-0.3, -0.25) is 0 Å². The molecule has 2 unspecified atom stereocenters. The van der Waals surface area contributed by atoms with Crippen molar-refractivity contribution < 1.29 is 13.2 Å². The van der Waals surface area contributed by atoms with Gasteiger partial charge in [-0.15, -0.1) is 0 Å². The highest BCUT2D eigenvalue weighted by Gasteiger charge is 2.26. The Bertz CT molecular complexity index is 194. The van der Waals surface area contributed by atoms with Crippen LogP contribution in [-0.2, 0) is 0 Å². The number of rotatable bonds is 6. The third kappa shape index (κ3) is 5.70. The summed E-state index contributed by atoms with van der Waals surface area (Å²) in [5, 5.41) is 6.59. The lowest BCUT2D eigenvalue weighted by atomic mass is 10.0. The van der Waals surface area contributed by atoms with Crippen molar-refractivity contribution in [2.45, 2.75) is 44.8 Å². The molecule has 96 valence electrons. The minimum Gasteiger partial charge on any atom is -0.315 e. The fraction of sp³-hybridized carbons (Fsp3) is 1.00. The Balaban J connectivity index is 1.92. The summed E-state index contributed by atoms with van der Waals surface area (Å²) in [5.41, 5.74) is 0. The van der Waals surface area contributed by atoms with Gasteiger partial charge in [0.1, 0.15) is 0 Å². The van der Waals surface area contributed by atoms with Crippen molar-refractivity contribution >= 4 is 0 Å². The lowest BCUT2D eigenvalue weighted by Gasteiger charge is -2.16. The molecule has 0 aromatic heterocycles. The van der Waals surface area contributed by atoms with E-state index in [0.29, 0.717) is 24.9 Å². The Kier molecular flexibility index (Phi) is 5.55. The third-order valence-corrected chi connectivity index (χ3v) is 3.12. The second kappa shape index (κ2) is 6.45. The number of hydrogen-bond donors (Lipinski definition) is 2. The lowest BCUT2D eigenvalue weighted by Crippen LogP contribution is -2.37. The Morgan fingerprint density at radius 1 is 1.31 bits per heavy atom. The van der Waals surface area contributed by atoms with Gasteiger partial charge in [0.05, 0.1) is 0 Å². The van der Waals surface area contributed by atoms with E-state index < -0.39 is 12.6 Å². The van der Waals surface area contributed by atoms with Crippen LogP contribution in [0.1, 0.15) is 32.6 Å². The van der Waals surface area contributed by atoms with E-state index in [1.54, 1.807) is 0 Å². The van der Waals surface area contributed by atoms with E-state index in [9.17, 15) is 13.2 Å². The summed E-state index contributed by atoms with van der Waals surface area (Å²) in [5.74, 6) is 0.669. The van der Waals surface area contributed by atoms with E-state index in [-0.39, 0.29) is 6.42 Å². The van der Waals surface area contributed by atoms with Crippen LogP contribution in [0.4, 0.5) is 13.2 Å². The summed E-state index contributed by atoms with van der Waals surface area (Å²) in [6.45, 7) is 4.81. The molecule has 1 aliphatic heterocycles. The zero-order chi connectivity index (χ0) is 12.0. The van der Waals surface area contributed by atoms with Crippen LogP contribution in [0.2, 0.25) is 0 Å². The van der Waals surface area contributed by atoms with E-state index in [4.69, 9.17) is 0 Å². The summed E-state index contributed by atoms with van der Waals surface area (Å²) in [6.07, 6.45) is -2.64. The topological polar surface area (TPSA) is 24.1 Å². The first kappa shape index (κ1) is 13.8.